The molecule has 1 amide bonds. The number of carbonyl (C=O) groups excluding carboxylic acids is 1. The summed E-state index contributed by atoms with van der Waals surface area (Å²) < 4.78 is 14.4. The van der Waals surface area contributed by atoms with Gasteiger partial charge in [0.1, 0.15) is 5.82 Å². The van der Waals surface area contributed by atoms with Crippen LogP contribution in [-0.2, 0) is 0 Å². The standard InChI is InChI=1S/C17H18FIN2O/c1-21(2)16(12-5-3-7-14(18)9-12)11-20-17(22)13-6-4-8-15(19)10-13/h3-10,16H,11H2,1-2H3,(H,20,22). The van der Waals surface area contributed by atoms with E-state index in [0.717, 1.165) is 9.13 Å². The fourth-order valence-electron chi connectivity index (χ4n) is 2.23. The van der Waals surface area contributed by atoms with Crippen LogP contribution in [0.5, 0.6) is 0 Å². The highest BCUT2D eigenvalue weighted by Crippen LogP contribution is 2.18. The molecule has 0 aliphatic carbocycles. The third-order valence-corrected chi connectivity index (χ3v) is 4.07. The van der Waals surface area contributed by atoms with Crippen molar-refractivity contribution >= 4 is 28.5 Å². The van der Waals surface area contributed by atoms with Crippen molar-refractivity contribution in [2.24, 2.45) is 0 Å². The Morgan fingerprint density at radius 3 is 2.59 bits per heavy atom. The van der Waals surface area contributed by atoms with Gasteiger partial charge < -0.3 is 10.2 Å². The fourth-order valence-corrected chi connectivity index (χ4v) is 2.78. The second-order valence-electron chi connectivity index (χ2n) is 5.25. The Morgan fingerprint density at radius 2 is 1.95 bits per heavy atom. The molecule has 0 fully saturated rings. The summed E-state index contributed by atoms with van der Waals surface area (Å²) in [5.41, 5.74) is 1.47. The van der Waals surface area contributed by atoms with Crippen molar-refractivity contribution < 1.29 is 9.18 Å². The Hall–Kier alpha value is -1.47. The molecule has 0 aromatic heterocycles. The second-order valence-corrected chi connectivity index (χ2v) is 6.50. The van der Waals surface area contributed by atoms with Crippen molar-refractivity contribution in [3.05, 3.63) is 69.0 Å². The van der Waals surface area contributed by atoms with Crippen LogP contribution in [0.25, 0.3) is 0 Å². The molecular weight excluding hydrogens is 394 g/mol. The molecule has 5 heteroatoms. The molecule has 0 heterocycles. The third kappa shape index (κ3) is 4.51. The zero-order chi connectivity index (χ0) is 16.1. The van der Waals surface area contributed by atoms with Crippen LogP contribution in [0.4, 0.5) is 4.39 Å². The Balaban J connectivity index is 2.08. The number of nitrogens with zero attached hydrogens (tertiary/aromatic N) is 1. The van der Waals surface area contributed by atoms with Gasteiger partial charge in [-0.05, 0) is 72.6 Å². The Labute approximate surface area is 143 Å². The van der Waals surface area contributed by atoms with E-state index in [1.807, 2.05) is 43.3 Å². The fraction of sp³-hybridized carbons (Fsp3) is 0.235. The first kappa shape index (κ1) is 16.9. The molecular formula is C17H18FIN2O. The van der Waals surface area contributed by atoms with Gasteiger partial charge in [-0.25, -0.2) is 4.39 Å². The van der Waals surface area contributed by atoms with E-state index in [-0.39, 0.29) is 17.8 Å². The molecule has 0 aliphatic rings. The molecule has 1 unspecified atom stereocenters. The molecule has 0 radical (unpaired) electrons. The highest BCUT2D eigenvalue weighted by atomic mass is 127. The number of amides is 1. The summed E-state index contributed by atoms with van der Waals surface area (Å²) >= 11 is 2.17. The first-order valence-corrected chi connectivity index (χ1v) is 8.01. The highest BCUT2D eigenvalue weighted by Gasteiger charge is 2.16. The van der Waals surface area contributed by atoms with Gasteiger partial charge in [-0.1, -0.05) is 18.2 Å². The highest BCUT2D eigenvalue weighted by molar-refractivity contribution is 14.1. The maximum Gasteiger partial charge on any atom is 0.251 e. The van der Waals surface area contributed by atoms with Crippen LogP contribution < -0.4 is 5.32 Å². The van der Waals surface area contributed by atoms with Crippen LogP contribution in [0, 0.1) is 9.39 Å². The zero-order valence-electron chi connectivity index (χ0n) is 12.5. The van der Waals surface area contributed by atoms with Gasteiger partial charge in [-0.15, -0.1) is 0 Å². The van der Waals surface area contributed by atoms with Gasteiger partial charge in [-0.3, -0.25) is 4.79 Å². The number of halogens is 2. The van der Waals surface area contributed by atoms with Crippen LogP contribution in [-0.4, -0.2) is 31.4 Å². The number of carbonyl (C=O) groups is 1. The lowest BCUT2D eigenvalue weighted by Crippen LogP contribution is -2.34. The number of hydrogen-bond donors (Lipinski definition) is 1. The number of nitrogens with one attached hydrogen (secondary N) is 1. The van der Waals surface area contributed by atoms with Crippen molar-refractivity contribution in [2.75, 3.05) is 20.6 Å². The van der Waals surface area contributed by atoms with E-state index in [1.165, 1.54) is 12.1 Å². The van der Waals surface area contributed by atoms with Crippen LogP contribution >= 0.6 is 22.6 Å². The third-order valence-electron chi connectivity index (χ3n) is 3.40. The lowest BCUT2D eigenvalue weighted by Gasteiger charge is -2.25. The monoisotopic (exact) mass is 412 g/mol. The van der Waals surface area contributed by atoms with E-state index < -0.39 is 0 Å². The number of benzene rings is 2. The van der Waals surface area contributed by atoms with E-state index in [2.05, 4.69) is 27.9 Å². The SMILES string of the molecule is CN(C)C(CNC(=O)c1cccc(I)c1)c1cccc(F)c1. The van der Waals surface area contributed by atoms with E-state index in [1.54, 1.807) is 12.1 Å². The zero-order valence-corrected chi connectivity index (χ0v) is 14.7. The number of likely N-dealkylation sites (N-methyl/N-ethyl adjacent to an activating group) is 1. The van der Waals surface area contributed by atoms with Gasteiger partial charge in [0.25, 0.3) is 5.91 Å². The van der Waals surface area contributed by atoms with Crippen LogP contribution in [0.3, 0.4) is 0 Å². The average Bonchev–Trinajstić information content (AvgIpc) is 2.47. The normalized spacial score (nSPS) is 12.2. The molecule has 22 heavy (non-hydrogen) atoms. The summed E-state index contributed by atoms with van der Waals surface area (Å²) in [6.45, 7) is 0.417. The number of rotatable bonds is 5. The first-order chi connectivity index (χ1) is 10.5. The van der Waals surface area contributed by atoms with Gasteiger partial charge in [0, 0.05) is 15.7 Å². The molecule has 116 valence electrons. The topological polar surface area (TPSA) is 32.3 Å². The summed E-state index contributed by atoms with van der Waals surface area (Å²) in [7, 11) is 3.82. The van der Waals surface area contributed by atoms with Crippen LogP contribution in [0.15, 0.2) is 48.5 Å². The van der Waals surface area contributed by atoms with E-state index in [0.29, 0.717) is 12.1 Å². The Kier molecular flexibility index (Phi) is 5.90. The predicted molar refractivity (Wildman–Crippen MR) is 94.3 cm³/mol. The van der Waals surface area contributed by atoms with E-state index >= 15 is 0 Å². The number of hydrogen-bond acceptors (Lipinski definition) is 2. The Morgan fingerprint density at radius 1 is 1.23 bits per heavy atom. The Bertz CT molecular complexity index is 661. The summed E-state index contributed by atoms with van der Waals surface area (Å²) in [4.78, 5) is 14.2. The van der Waals surface area contributed by atoms with Crippen LogP contribution in [0.1, 0.15) is 22.0 Å². The molecule has 2 aromatic rings. The molecule has 0 saturated carbocycles. The van der Waals surface area contributed by atoms with Crippen molar-refractivity contribution in [3.63, 3.8) is 0 Å². The van der Waals surface area contributed by atoms with Crippen molar-refractivity contribution in [1.29, 1.82) is 0 Å². The summed E-state index contributed by atoms with van der Waals surface area (Å²) in [5.74, 6) is -0.393. The molecule has 2 aromatic carbocycles. The van der Waals surface area contributed by atoms with Crippen LogP contribution in [0.2, 0.25) is 0 Å². The molecule has 0 spiro atoms. The molecule has 0 bridgehead atoms. The molecule has 0 aliphatic heterocycles. The second kappa shape index (κ2) is 7.69. The summed E-state index contributed by atoms with van der Waals surface area (Å²) in [6.07, 6.45) is 0. The quantitative estimate of drug-likeness (QED) is 0.764. The molecule has 3 nitrogen and oxygen atoms in total. The van der Waals surface area contributed by atoms with Crippen molar-refractivity contribution in [2.45, 2.75) is 6.04 Å². The molecule has 1 N–H and O–H groups in total. The largest absolute Gasteiger partial charge is 0.350 e. The smallest absolute Gasteiger partial charge is 0.251 e. The van der Waals surface area contributed by atoms with Gasteiger partial charge in [0.05, 0.1) is 6.04 Å². The molecule has 0 saturated heterocycles. The minimum Gasteiger partial charge on any atom is -0.350 e. The summed E-state index contributed by atoms with van der Waals surface area (Å²) in [5, 5.41) is 2.92. The minimum atomic E-state index is -0.270. The van der Waals surface area contributed by atoms with Gasteiger partial charge >= 0.3 is 0 Å². The van der Waals surface area contributed by atoms with E-state index in [4.69, 9.17) is 0 Å². The first-order valence-electron chi connectivity index (χ1n) is 6.93. The molecule has 1 atom stereocenters. The lowest BCUT2D eigenvalue weighted by atomic mass is 10.1. The van der Waals surface area contributed by atoms with Crippen molar-refractivity contribution in [1.82, 2.24) is 10.2 Å². The molecule has 2 rings (SSSR count). The maximum atomic E-state index is 13.4. The average molecular weight is 412 g/mol. The van der Waals surface area contributed by atoms with Gasteiger partial charge in [0.2, 0.25) is 0 Å². The summed E-state index contributed by atoms with van der Waals surface area (Å²) in [6, 6.07) is 13.8. The van der Waals surface area contributed by atoms with Gasteiger partial charge in [-0.2, -0.15) is 0 Å². The van der Waals surface area contributed by atoms with Gasteiger partial charge in [0.15, 0.2) is 0 Å². The minimum absolute atomic E-state index is 0.0811. The predicted octanol–water partition coefficient (Wildman–Crippen LogP) is 3.46. The lowest BCUT2D eigenvalue weighted by molar-refractivity contribution is 0.0942. The van der Waals surface area contributed by atoms with Crippen molar-refractivity contribution in [3.8, 4) is 0 Å². The maximum absolute atomic E-state index is 13.4. The van der Waals surface area contributed by atoms with E-state index in [9.17, 15) is 9.18 Å².